The van der Waals surface area contributed by atoms with E-state index in [4.69, 9.17) is 10.8 Å². The van der Waals surface area contributed by atoms with E-state index in [0.717, 1.165) is 22.5 Å². The second kappa shape index (κ2) is 8.90. The summed E-state index contributed by atoms with van der Waals surface area (Å²) < 4.78 is 1.69. The Morgan fingerprint density at radius 1 is 1.10 bits per heavy atom. The molecule has 0 aliphatic heterocycles. The molecule has 0 aliphatic carbocycles. The van der Waals surface area contributed by atoms with Crippen molar-refractivity contribution in [1.82, 2.24) is 15.0 Å². The molecule has 4 N–H and O–H groups in total. The Kier molecular flexibility index (Phi) is 5.87. The third kappa shape index (κ3) is 4.68. The van der Waals surface area contributed by atoms with Crippen LogP contribution in [-0.2, 0) is 11.2 Å². The molecule has 9 heteroatoms. The number of nitrogens with two attached hydrogens (primary N) is 1. The highest BCUT2D eigenvalue weighted by atomic mass is 32.1. The van der Waals surface area contributed by atoms with E-state index in [1.165, 1.54) is 11.3 Å². The highest BCUT2D eigenvalue weighted by Crippen LogP contribution is 2.24. The van der Waals surface area contributed by atoms with Gasteiger partial charge in [-0.2, -0.15) is 0 Å². The van der Waals surface area contributed by atoms with Crippen LogP contribution in [0.4, 0.5) is 5.69 Å². The number of anilines is 1. The molecule has 0 spiro atoms. The van der Waals surface area contributed by atoms with Crippen molar-refractivity contribution in [3.63, 3.8) is 0 Å². The van der Waals surface area contributed by atoms with E-state index in [-0.39, 0.29) is 12.3 Å². The minimum Gasteiger partial charge on any atom is -0.480 e. The summed E-state index contributed by atoms with van der Waals surface area (Å²) in [5.41, 5.74) is 9.57. The molecule has 8 nitrogen and oxygen atoms in total. The second-order valence-electron chi connectivity index (χ2n) is 6.86. The van der Waals surface area contributed by atoms with Gasteiger partial charge in [-0.3, -0.25) is 9.59 Å². The predicted octanol–water partition coefficient (Wildman–Crippen LogP) is 3.20. The van der Waals surface area contributed by atoms with E-state index in [1.54, 1.807) is 16.9 Å². The van der Waals surface area contributed by atoms with Crippen molar-refractivity contribution < 1.29 is 14.7 Å². The third-order valence-electron chi connectivity index (χ3n) is 4.69. The van der Waals surface area contributed by atoms with Crippen molar-refractivity contribution in [2.75, 3.05) is 5.32 Å². The summed E-state index contributed by atoms with van der Waals surface area (Å²) >= 11 is 1.39. The molecule has 4 aromatic rings. The van der Waals surface area contributed by atoms with Crippen molar-refractivity contribution in [2.45, 2.75) is 12.5 Å². The molecule has 31 heavy (non-hydrogen) atoms. The van der Waals surface area contributed by atoms with E-state index >= 15 is 0 Å². The summed E-state index contributed by atoms with van der Waals surface area (Å²) in [5.74, 6) is -1.17. The Labute approximate surface area is 182 Å². The van der Waals surface area contributed by atoms with Gasteiger partial charge in [0.1, 0.15) is 6.04 Å². The van der Waals surface area contributed by atoms with Gasteiger partial charge in [0.2, 0.25) is 0 Å². The molecular formula is C22H19N5O3S. The average Bonchev–Trinajstić information content (AvgIpc) is 3.47. The Balaban J connectivity index is 1.50. The van der Waals surface area contributed by atoms with Crippen LogP contribution in [0.2, 0.25) is 0 Å². The fourth-order valence-corrected chi connectivity index (χ4v) is 3.68. The van der Waals surface area contributed by atoms with Crippen molar-refractivity contribution in [1.29, 1.82) is 0 Å². The maximum absolute atomic E-state index is 12.2. The standard InChI is InChI=1S/C22H19N5O3S/c23-18(22(29)30)12-14-3-9-17(10-4-14)27-19(13-24-26-27)15-5-7-16(8-6-15)25-21(28)20-2-1-11-31-20/h1-11,13,18H,12,23H2,(H,25,28)(H,29,30)/t18-/m0/s1. The van der Waals surface area contributed by atoms with Gasteiger partial charge in [-0.25, -0.2) is 4.68 Å². The van der Waals surface area contributed by atoms with Gasteiger partial charge >= 0.3 is 5.97 Å². The number of carbonyl (C=O) groups is 2. The van der Waals surface area contributed by atoms with Crippen LogP contribution < -0.4 is 11.1 Å². The maximum Gasteiger partial charge on any atom is 0.320 e. The van der Waals surface area contributed by atoms with Crippen molar-refractivity contribution in [3.05, 3.63) is 82.7 Å². The Bertz CT molecular complexity index is 1180. The largest absolute Gasteiger partial charge is 0.480 e. The van der Waals surface area contributed by atoms with Crippen LogP contribution >= 0.6 is 11.3 Å². The molecule has 156 valence electrons. The quantitative estimate of drug-likeness (QED) is 0.411. The molecule has 0 radical (unpaired) electrons. The van der Waals surface area contributed by atoms with Crippen LogP contribution in [-0.4, -0.2) is 38.0 Å². The molecule has 2 heterocycles. The highest BCUT2D eigenvalue weighted by Gasteiger charge is 2.13. The number of rotatable bonds is 7. The number of aliphatic carboxylic acids is 1. The molecule has 0 fully saturated rings. The van der Waals surface area contributed by atoms with Gasteiger partial charge in [-0.05, 0) is 47.7 Å². The summed E-state index contributed by atoms with van der Waals surface area (Å²) in [4.78, 5) is 23.8. The van der Waals surface area contributed by atoms with Crippen LogP contribution in [0.3, 0.4) is 0 Å². The van der Waals surface area contributed by atoms with Crippen molar-refractivity contribution in [3.8, 4) is 16.9 Å². The van der Waals surface area contributed by atoms with Crippen molar-refractivity contribution in [2.24, 2.45) is 5.73 Å². The minimum atomic E-state index is -1.03. The van der Waals surface area contributed by atoms with Crippen LogP contribution in [0.15, 0.2) is 72.2 Å². The van der Waals surface area contributed by atoms with Gasteiger partial charge in [0, 0.05) is 11.3 Å². The lowest BCUT2D eigenvalue weighted by Crippen LogP contribution is -2.32. The topological polar surface area (TPSA) is 123 Å². The van der Waals surface area contributed by atoms with E-state index in [1.807, 2.05) is 60.0 Å². The zero-order valence-corrected chi connectivity index (χ0v) is 17.1. The Hall–Kier alpha value is -3.82. The number of hydrogen-bond donors (Lipinski definition) is 3. The highest BCUT2D eigenvalue weighted by molar-refractivity contribution is 7.12. The number of nitrogens with zero attached hydrogens (tertiary/aromatic N) is 3. The fraction of sp³-hybridized carbons (Fsp3) is 0.0909. The first kappa shape index (κ1) is 20.5. The molecule has 2 aromatic carbocycles. The first-order valence-electron chi connectivity index (χ1n) is 9.45. The van der Waals surface area contributed by atoms with E-state index in [0.29, 0.717) is 10.6 Å². The van der Waals surface area contributed by atoms with Crippen molar-refractivity contribution >= 4 is 28.9 Å². The fourth-order valence-electron chi connectivity index (χ4n) is 3.06. The molecule has 4 rings (SSSR count). The summed E-state index contributed by atoms with van der Waals surface area (Å²) in [6.45, 7) is 0. The molecule has 0 aliphatic rings. The zero-order valence-electron chi connectivity index (χ0n) is 16.3. The summed E-state index contributed by atoms with van der Waals surface area (Å²) in [6, 6.07) is 17.5. The van der Waals surface area contributed by atoms with Gasteiger partial charge in [0.05, 0.1) is 22.5 Å². The SMILES string of the molecule is N[C@@H](Cc1ccc(-n2nncc2-c2ccc(NC(=O)c3cccs3)cc2)cc1)C(=O)O. The molecule has 1 amide bonds. The Morgan fingerprint density at radius 2 is 1.84 bits per heavy atom. The predicted molar refractivity (Wildman–Crippen MR) is 118 cm³/mol. The number of amides is 1. The lowest BCUT2D eigenvalue weighted by molar-refractivity contribution is -0.138. The molecule has 0 saturated heterocycles. The van der Waals surface area contributed by atoms with Gasteiger partial charge in [-0.15, -0.1) is 16.4 Å². The van der Waals surface area contributed by atoms with Gasteiger partial charge in [0.15, 0.2) is 0 Å². The monoisotopic (exact) mass is 433 g/mol. The number of carboxylic acids is 1. The molecule has 1 atom stereocenters. The van der Waals surface area contributed by atoms with Crippen LogP contribution in [0.5, 0.6) is 0 Å². The van der Waals surface area contributed by atoms with E-state index in [9.17, 15) is 9.59 Å². The second-order valence-corrected chi connectivity index (χ2v) is 7.80. The number of aromatic nitrogens is 3. The molecule has 0 bridgehead atoms. The number of nitrogens with one attached hydrogen (secondary N) is 1. The van der Waals surface area contributed by atoms with Gasteiger partial charge in [-0.1, -0.05) is 35.5 Å². The summed E-state index contributed by atoms with van der Waals surface area (Å²) in [7, 11) is 0. The normalized spacial score (nSPS) is 11.8. The maximum atomic E-state index is 12.2. The number of carboxylic acid groups (broad SMARTS) is 1. The Morgan fingerprint density at radius 3 is 2.48 bits per heavy atom. The molecule has 0 unspecified atom stereocenters. The molecule has 2 aromatic heterocycles. The summed E-state index contributed by atoms with van der Waals surface area (Å²) in [6.07, 6.45) is 1.91. The van der Waals surface area contributed by atoms with E-state index in [2.05, 4.69) is 15.6 Å². The average molecular weight is 433 g/mol. The number of hydrogen-bond acceptors (Lipinski definition) is 6. The van der Waals surface area contributed by atoms with Crippen LogP contribution in [0, 0.1) is 0 Å². The molecular weight excluding hydrogens is 414 g/mol. The zero-order chi connectivity index (χ0) is 21.8. The van der Waals surface area contributed by atoms with Gasteiger partial charge in [0.25, 0.3) is 5.91 Å². The van der Waals surface area contributed by atoms with Gasteiger partial charge < -0.3 is 16.2 Å². The minimum absolute atomic E-state index is 0.142. The van der Waals surface area contributed by atoms with Crippen LogP contribution in [0.25, 0.3) is 16.9 Å². The lowest BCUT2D eigenvalue weighted by atomic mass is 10.1. The lowest BCUT2D eigenvalue weighted by Gasteiger charge is -2.10. The first-order chi connectivity index (χ1) is 15.0. The van der Waals surface area contributed by atoms with E-state index < -0.39 is 12.0 Å². The smallest absolute Gasteiger partial charge is 0.320 e. The molecule has 0 saturated carbocycles. The summed E-state index contributed by atoms with van der Waals surface area (Å²) in [5, 5.41) is 21.9. The number of benzene rings is 2. The van der Waals surface area contributed by atoms with Crippen LogP contribution in [0.1, 0.15) is 15.2 Å². The first-order valence-corrected chi connectivity index (χ1v) is 10.3. The number of carbonyl (C=O) groups excluding carboxylic acids is 1. The third-order valence-corrected chi connectivity index (χ3v) is 5.56. The number of thiophene rings is 1.